The number of aryl methyl sites for hydroxylation is 2. The highest BCUT2D eigenvalue weighted by Gasteiger charge is 2.09. The normalized spacial score (nSPS) is 13.2. The largest absolute Gasteiger partial charge is 0.308 e. The van der Waals surface area contributed by atoms with E-state index in [-0.39, 0.29) is 12.7 Å². The smallest absolute Gasteiger partial charge is 0.102 e. The van der Waals surface area contributed by atoms with Crippen LogP contribution in [0, 0.1) is 13.8 Å². The fraction of sp³-hybridized carbons (Fsp3) is 0.600. The Morgan fingerprint density at radius 1 is 1.54 bits per heavy atom. The quantitative estimate of drug-likeness (QED) is 0.789. The molecule has 1 nitrogen and oxygen atoms in total. The molecule has 0 fully saturated rings. The van der Waals surface area contributed by atoms with Crippen LogP contribution in [0.15, 0.2) is 6.07 Å². The maximum Gasteiger partial charge on any atom is 0.102 e. The first-order chi connectivity index (χ1) is 6.15. The molecule has 0 saturated carbocycles. The molecule has 1 N–H and O–H groups in total. The molecular weight excluding hydrogens is 185 g/mol. The standard InChI is InChI=1S/C10H16FNS/c1-7-6-10(9(3)13-7)8(2)12-5-4-11/h6,8,12H,4-5H2,1-3H3. The van der Waals surface area contributed by atoms with Gasteiger partial charge in [0.15, 0.2) is 0 Å². The van der Waals surface area contributed by atoms with Crippen molar-refractivity contribution in [2.45, 2.75) is 26.8 Å². The molecule has 0 saturated heterocycles. The molecule has 1 atom stereocenters. The van der Waals surface area contributed by atoms with E-state index in [1.165, 1.54) is 15.3 Å². The van der Waals surface area contributed by atoms with Crippen LogP contribution in [-0.4, -0.2) is 13.2 Å². The Kier molecular flexibility index (Phi) is 3.88. The van der Waals surface area contributed by atoms with E-state index in [0.29, 0.717) is 6.54 Å². The molecule has 0 radical (unpaired) electrons. The molecule has 0 aromatic carbocycles. The van der Waals surface area contributed by atoms with Gasteiger partial charge in [0.25, 0.3) is 0 Å². The van der Waals surface area contributed by atoms with E-state index in [4.69, 9.17) is 0 Å². The molecule has 1 rings (SSSR count). The second kappa shape index (κ2) is 4.72. The van der Waals surface area contributed by atoms with Gasteiger partial charge in [-0.3, -0.25) is 0 Å². The van der Waals surface area contributed by atoms with Crippen molar-refractivity contribution >= 4 is 11.3 Å². The number of thiophene rings is 1. The fourth-order valence-corrected chi connectivity index (χ4v) is 2.48. The Morgan fingerprint density at radius 2 is 2.23 bits per heavy atom. The van der Waals surface area contributed by atoms with Gasteiger partial charge in [-0.1, -0.05) is 0 Å². The van der Waals surface area contributed by atoms with Gasteiger partial charge >= 0.3 is 0 Å². The molecule has 1 aromatic rings. The monoisotopic (exact) mass is 201 g/mol. The molecule has 0 aliphatic rings. The van der Waals surface area contributed by atoms with E-state index in [2.05, 4.69) is 32.2 Å². The predicted molar refractivity (Wildman–Crippen MR) is 56.2 cm³/mol. The summed E-state index contributed by atoms with van der Waals surface area (Å²) in [5.74, 6) is 0. The lowest BCUT2D eigenvalue weighted by molar-refractivity contribution is 0.444. The van der Waals surface area contributed by atoms with E-state index >= 15 is 0 Å². The van der Waals surface area contributed by atoms with Crippen LogP contribution < -0.4 is 5.32 Å². The number of nitrogens with one attached hydrogen (secondary N) is 1. The maximum absolute atomic E-state index is 11.9. The average Bonchev–Trinajstić information content (AvgIpc) is 2.41. The first kappa shape index (κ1) is 10.7. The Balaban J connectivity index is 2.64. The summed E-state index contributed by atoms with van der Waals surface area (Å²) in [6.45, 7) is 6.43. The molecule has 74 valence electrons. The van der Waals surface area contributed by atoms with Gasteiger partial charge in [0.05, 0.1) is 0 Å². The van der Waals surface area contributed by atoms with Crippen LogP contribution >= 0.6 is 11.3 Å². The van der Waals surface area contributed by atoms with Crippen LogP contribution in [-0.2, 0) is 0 Å². The van der Waals surface area contributed by atoms with Gasteiger partial charge in [-0.15, -0.1) is 11.3 Å². The highest BCUT2D eigenvalue weighted by atomic mass is 32.1. The molecule has 1 heterocycles. The Morgan fingerprint density at radius 3 is 2.69 bits per heavy atom. The zero-order valence-corrected chi connectivity index (χ0v) is 9.17. The van der Waals surface area contributed by atoms with Crippen molar-refractivity contribution in [3.05, 3.63) is 21.4 Å². The van der Waals surface area contributed by atoms with Gasteiger partial charge in [0, 0.05) is 22.3 Å². The van der Waals surface area contributed by atoms with Crippen LogP contribution in [0.1, 0.15) is 28.3 Å². The highest BCUT2D eigenvalue weighted by Crippen LogP contribution is 2.25. The zero-order chi connectivity index (χ0) is 9.84. The lowest BCUT2D eigenvalue weighted by atomic mass is 10.1. The number of alkyl halides is 1. The van der Waals surface area contributed by atoms with E-state index in [0.717, 1.165) is 0 Å². The van der Waals surface area contributed by atoms with Gasteiger partial charge in [-0.25, -0.2) is 4.39 Å². The zero-order valence-electron chi connectivity index (χ0n) is 8.36. The van der Waals surface area contributed by atoms with Crippen molar-refractivity contribution in [3.63, 3.8) is 0 Å². The summed E-state index contributed by atoms with van der Waals surface area (Å²) in [6, 6.07) is 2.44. The number of rotatable bonds is 4. The molecule has 3 heteroatoms. The number of hydrogen-bond acceptors (Lipinski definition) is 2. The van der Waals surface area contributed by atoms with Crippen molar-refractivity contribution in [2.24, 2.45) is 0 Å². The summed E-state index contributed by atoms with van der Waals surface area (Å²) in [6.07, 6.45) is 0. The van der Waals surface area contributed by atoms with Crippen molar-refractivity contribution in [3.8, 4) is 0 Å². The minimum atomic E-state index is -0.299. The van der Waals surface area contributed by atoms with Crippen LogP contribution in [0.25, 0.3) is 0 Å². The van der Waals surface area contributed by atoms with E-state index in [1.807, 2.05) is 0 Å². The minimum Gasteiger partial charge on any atom is -0.308 e. The van der Waals surface area contributed by atoms with Gasteiger partial charge in [-0.05, 0) is 32.4 Å². The molecular formula is C10H16FNS. The van der Waals surface area contributed by atoms with Crippen LogP contribution in [0.2, 0.25) is 0 Å². The number of hydrogen-bond donors (Lipinski definition) is 1. The van der Waals surface area contributed by atoms with Gasteiger partial charge in [-0.2, -0.15) is 0 Å². The third-order valence-corrected chi connectivity index (χ3v) is 3.07. The van der Waals surface area contributed by atoms with Crippen molar-refractivity contribution in [2.75, 3.05) is 13.2 Å². The first-order valence-corrected chi connectivity index (χ1v) is 5.33. The van der Waals surface area contributed by atoms with Crippen LogP contribution in [0.3, 0.4) is 0 Å². The Hall–Kier alpha value is -0.410. The number of halogens is 1. The summed E-state index contributed by atoms with van der Waals surface area (Å²) in [4.78, 5) is 2.65. The lowest BCUT2D eigenvalue weighted by Gasteiger charge is -2.11. The van der Waals surface area contributed by atoms with Crippen molar-refractivity contribution in [1.82, 2.24) is 5.32 Å². The molecule has 1 unspecified atom stereocenters. The van der Waals surface area contributed by atoms with Crippen LogP contribution in [0.5, 0.6) is 0 Å². The summed E-state index contributed by atoms with van der Waals surface area (Å²) in [5, 5.41) is 3.13. The summed E-state index contributed by atoms with van der Waals surface area (Å²) in [7, 11) is 0. The Labute approximate surface area is 83.0 Å². The van der Waals surface area contributed by atoms with E-state index in [9.17, 15) is 4.39 Å². The SMILES string of the molecule is Cc1cc(C(C)NCCF)c(C)s1. The fourth-order valence-electron chi connectivity index (χ4n) is 1.46. The second-order valence-corrected chi connectivity index (χ2v) is 4.69. The lowest BCUT2D eigenvalue weighted by Crippen LogP contribution is -2.21. The summed E-state index contributed by atoms with van der Waals surface area (Å²) >= 11 is 1.80. The van der Waals surface area contributed by atoms with Gasteiger partial charge in [0.2, 0.25) is 0 Å². The predicted octanol–water partition coefficient (Wildman–Crippen LogP) is 2.99. The molecule has 0 aliphatic carbocycles. The van der Waals surface area contributed by atoms with E-state index in [1.54, 1.807) is 11.3 Å². The molecule has 13 heavy (non-hydrogen) atoms. The third-order valence-electron chi connectivity index (χ3n) is 2.09. The maximum atomic E-state index is 11.9. The summed E-state index contributed by atoms with van der Waals surface area (Å²) in [5.41, 5.74) is 1.30. The first-order valence-electron chi connectivity index (χ1n) is 4.51. The van der Waals surface area contributed by atoms with Gasteiger partial charge < -0.3 is 5.32 Å². The minimum absolute atomic E-state index is 0.265. The average molecular weight is 201 g/mol. The van der Waals surface area contributed by atoms with Crippen LogP contribution in [0.4, 0.5) is 4.39 Å². The molecule has 0 amide bonds. The van der Waals surface area contributed by atoms with Crippen molar-refractivity contribution < 1.29 is 4.39 Å². The third kappa shape index (κ3) is 2.78. The molecule has 0 spiro atoms. The topological polar surface area (TPSA) is 12.0 Å². The summed E-state index contributed by atoms with van der Waals surface area (Å²) < 4.78 is 11.9. The Bertz CT molecular complexity index is 270. The molecule has 0 bridgehead atoms. The highest BCUT2D eigenvalue weighted by molar-refractivity contribution is 7.12. The molecule has 1 aromatic heterocycles. The molecule has 0 aliphatic heterocycles. The van der Waals surface area contributed by atoms with Crippen molar-refractivity contribution in [1.29, 1.82) is 0 Å². The van der Waals surface area contributed by atoms with E-state index < -0.39 is 0 Å². The second-order valence-electron chi connectivity index (χ2n) is 3.23. The van der Waals surface area contributed by atoms with Gasteiger partial charge in [0.1, 0.15) is 6.67 Å².